The lowest BCUT2D eigenvalue weighted by Crippen LogP contribution is -2.23. The monoisotopic (exact) mass is 237 g/mol. The largest absolute Gasteiger partial charge is 0.337 e. The molecular formula is C9H8FN5S. The average Bonchev–Trinajstić information content (AvgIpc) is 2.19. The molecule has 0 fully saturated rings. The Morgan fingerprint density at radius 1 is 1.44 bits per heavy atom. The Balaban J connectivity index is 0.000000673. The van der Waals surface area contributed by atoms with E-state index in [4.69, 9.17) is 22.7 Å². The lowest BCUT2D eigenvalue weighted by atomic mass is 10.3. The Labute approximate surface area is 97.3 Å². The van der Waals surface area contributed by atoms with Crippen molar-refractivity contribution in [2.24, 2.45) is 5.73 Å². The summed E-state index contributed by atoms with van der Waals surface area (Å²) in [5, 5.41) is 20.3. The van der Waals surface area contributed by atoms with Gasteiger partial charge in [0.25, 0.3) is 0 Å². The van der Waals surface area contributed by atoms with Gasteiger partial charge in [-0.05, 0) is 30.4 Å². The molecule has 4 N–H and O–H groups in total. The maximum atomic E-state index is 12.6. The van der Waals surface area contributed by atoms with Gasteiger partial charge in [-0.3, -0.25) is 5.32 Å². The Bertz CT molecular complexity index is 434. The fourth-order valence-electron chi connectivity index (χ4n) is 0.779. The first-order valence-corrected chi connectivity index (χ1v) is 4.36. The Morgan fingerprint density at radius 3 is 2.56 bits per heavy atom. The summed E-state index contributed by atoms with van der Waals surface area (Å²) in [6.07, 6.45) is 2.90. The highest BCUT2D eigenvalue weighted by molar-refractivity contribution is 7.80. The molecule has 0 saturated carbocycles. The van der Waals surface area contributed by atoms with E-state index < -0.39 is 0 Å². The van der Waals surface area contributed by atoms with E-state index in [0.29, 0.717) is 5.69 Å². The van der Waals surface area contributed by atoms with Crippen molar-refractivity contribution in [2.75, 3.05) is 5.32 Å². The minimum atomic E-state index is -0.357. The van der Waals surface area contributed by atoms with Crippen LogP contribution in [0.1, 0.15) is 0 Å². The highest BCUT2D eigenvalue weighted by Crippen LogP contribution is 2.08. The number of hydrogen-bond acceptors (Lipinski definition) is 4. The number of thiocarbonyl (C=S) groups is 1. The fourth-order valence-corrected chi connectivity index (χ4v) is 0.943. The number of anilines is 1. The number of nitrogens with two attached hydrogens (primary N) is 1. The Kier molecular flexibility index (Phi) is 6.79. The third kappa shape index (κ3) is 6.13. The van der Waals surface area contributed by atoms with Gasteiger partial charge in [-0.25, -0.2) is 4.39 Å². The third-order valence-corrected chi connectivity index (χ3v) is 1.46. The fraction of sp³-hybridized carbons (Fsp3) is 0. The van der Waals surface area contributed by atoms with Gasteiger partial charge < -0.3 is 11.1 Å². The van der Waals surface area contributed by atoms with Gasteiger partial charge in [0.2, 0.25) is 0 Å². The molecule has 5 nitrogen and oxygen atoms in total. The molecule has 1 rings (SSSR count). The molecule has 0 spiro atoms. The van der Waals surface area contributed by atoms with E-state index in [1.165, 1.54) is 18.3 Å². The van der Waals surface area contributed by atoms with Gasteiger partial charge in [-0.1, -0.05) is 6.07 Å². The standard InChI is InChI=1S/C8H6FN3S.CH2N2/c9-6-2-1-3-7(4-6)12-8(13)11-5-10;2-1-3/h1-4H,(H2,11,12,13);2H2. The summed E-state index contributed by atoms with van der Waals surface area (Å²) in [6, 6.07) is 5.80. The van der Waals surface area contributed by atoms with Gasteiger partial charge in [0.05, 0.1) is 0 Å². The van der Waals surface area contributed by atoms with Crippen LogP contribution in [0, 0.1) is 28.7 Å². The van der Waals surface area contributed by atoms with Crippen molar-refractivity contribution < 1.29 is 4.39 Å². The van der Waals surface area contributed by atoms with Crippen molar-refractivity contribution in [1.82, 2.24) is 5.32 Å². The van der Waals surface area contributed by atoms with Crippen molar-refractivity contribution in [2.45, 2.75) is 0 Å². The molecule has 0 saturated heterocycles. The van der Waals surface area contributed by atoms with Gasteiger partial charge in [0.15, 0.2) is 17.5 Å². The van der Waals surface area contributed by atoms with Crippen LogP contribution in [0.4, 0.5) is 10.1 Å². The SMILES string of the molecule is N#CN.N#CNC(=S)Nc1cccc(F)c1. The molecule has 0 atom stereocenters. The molecule has 1 aromatic rings. The van der Waals surface area contributed by atoms with E-state index in [-0.39, 0.29) is 10.9 Å². The van der Waals surface area contributed by atoms with Gasteiger partial charge >= 0.3 is 0 Å². The topological polar surface area (TPSA) is 97.7 Å². The lowest BCUT2D eigenvalue weighted by Gasteiger charge is -2.04. The van der Waals surface area contributed by atoms with Gasteiger partial charge in [-0.15, -0.1) is 0 Å². The molecule has 0 bridgehead atoms. The number of rotatable bonds is 1. The van der Waals surface area contributed by atoms with E-state index in [1.54, 1.807) is 18.3 Å². The van der Waals surface area contributed by atoms with Crippen LogP contribution in [0.2, 0.25) is 0 Å². The molecule has 0 radical (unpaired) electrons. The zero-order chi connectivity index (χ0) is 12.4. The number of nitrogens with zero attached hydrogens (tertiary/aromatic N) is 2. The molecule has 1 aromatic carbocycles. The highest BCUT2D eigenvalue weighted by atomic mass is 32.1. The molecule has 7 heteroatoms. The number of nitrogens with one attached hydrogen (secondary N) is 2. The van der Waals surface area contributed by atoms with E-state index in [2.05, 4.69) is 16.4 Å². The van der Waals surface area contributed by atoms with Gasteiger partial charge in [0.1, 0.15) is 5.82 Å². The van der Waals surface area contributed by atoms with Crippen LogP contribution in [0.5, 0.6) is 0 Å². The van der Waals surface area contributed by atoms with E-state index >= 15 is 0 Å². The first kappa shape index (κ1) is 13.6. The van der Waals surface area contributed by atoms with Crippen molar-refractivity contribution in [3.8, 4) is 12.4 Å². The van der Waals surface area contributed by atoms with Crippen LogP contribution >= 0.6 is 12.2 Å². The maximum absolute atomic E-state index is 12.6. The van der Waals surface area contributed by atoms with Gasteiger partial charge in [-0.2, -0.15) is 10.5 Å². The summed E-state index contributed by atoms with van der Waals surface area (Å²) in [7, 11) is 0. The van der Waals surface area contributed by atoms with Crippen LogP contribution in [0.25, 0.3) is 0 Å². The zero-order valence-corrected chi connectivity index (χ0v) is 8.88. The zero-order valence-electron chi connectivity index (χ0n) is 8.07. The third-order valence-electron chi connectivity index (χ3n) is 1.25. The molecule has 16 heavy (non-hydrogen) atoms. The molecule has 0 aromatic heterocycles. The van der Waals surface area contributed by atoms with Crippen molar-refractivity contribution in [3.05, 3.63) is 30.1 Å². The smallest absolute Gasteiger partial charge is 0.184 e. The number of hydrogen-bond donors (Lipinski definition) is 3. The minimum Gasteiger partial charge on any atom is -0.337 e. The van der Waals surface area contributed by atoms with Crippen LogP contribution < -0.4 is 16.4 Å². The lowest BCUT2D eigenvalue weighted by molar-refractivity contribution is 0.628. The number of halogens is 1. The summed E-state index contributed by atoms with van der Waals surface area (Å²) < 4.78 is 12.6. The normalized spacial score (nSPS) is 7.44. The molecule has 0 aliphatic heterocycles. The van der Waals surface area contributed by atoms with E-state index in [1.807, 2.05) is 0 Å². The van der Waals surface area contributed by atoms with E-state index in [0.717, 1.165) is 0 Å². The van der Waals surface area contributed by atoms with Crippen LogP contribution in [-0.4, -0.2) is 5.11 Å². The molecule has 0 aliphatic carbocycles. The molecular weight excluding hydrogens is 229 g/mol. The molecule has 82 valence electrons. The number of nitriles is 2. The first-order valence-electron chi connectivity index (χ1n) is 3.95. The van der Waals surface area contributed by atoms with Crippen molar-refractivity contribution in [1.29, 1.82) is 10.5 Å². The second-order valence-corrected chi connectivity index (χ2v) is 2.74. The second kappa shape index (κ2) is 7.97. The van der Waals surface area contributed by atoms with Crippen LogP contribution in [-0.2, 0) is 0 Å². The predicted molar refractivity (Wildman–Crippen MR) is 61.2 cm³/mol. The minimum absolute atomic E-state index is 0.146. The van der Waals surface area contributed by atoms with Crippen molar-refractivity contribution in [3.63, 3.8) is 0 Å². The molecule has 0 amide bonds. The summed E-state index contributed by atoms with van der Waals surface area (Å²) in [6.45, 7) is 0. The summed E-state index contributed by atoms with van der Waals surface area (Å²) >= 11 is 4.71. The average molecular weight is 237 g/mol. The second-order valence-electron chi connectivity index (χ2n) is 2.33. The number of benzene rings is 1. The van der Waals surface area contributed by atoms with Crippen LogP contribution in [0.15, 0.2) is 24.3 Å². The Morgan fingerprint density at radius 2 is 2.06 bits per heavy atom. The first-order chi connectivity index (χ1) is 7.63. The summed E-state index contributed by atoms with van der Waals surface area (Å²) in [4.78, 5) is 0. The van der Waals surface area contributed by atoms with Crippen molar-refractivity contribution >= 4 is 23.0 Å². The predicted octanol–water partition coefficient (Wildman–Crippen LogP) is 1.02. The molecule has 0 heterocycles. The maximum Gasteiger partial charge on any atom is 0.184 e. The summed E-state index contributed by atoms with van der Waals surface area (Å²) in [5.74, 6) is -0.357. The van der Waals surface area contributed by atoms with E-state index in [9.17, 15) is 4.39 Å². The molecule has 0 unspecified atom stereocenters. The molecule has 0 aliphatic rings. The summed E-state index contributed by atoms with van der Waals surface area (Å²) in [5.41, 5.74) is 4.66. The quantitative estimate of drug-likeness (QED) is 0.383. The van der Waals surface area contributed by atoms with Crippen LogP contribution in [0.3, 0.4) is 0 Å². The Hall–Kier alpha value is -2.38. The highest BCUT2D eigenvalue weighted by Gasteiger charge is 1.96. The van der Waals surface area contributed by atoms with Gasteiger partial charge in [0, 0.05) is 5.69 Å².